The first kappa shape index (κ1) is 19.2. The van der Waals surface area contributed by atoms with Gasteiger partial charge in [-0.15, -0.1) is 0 Å². The summed E-state index contributed by atoms with van der Waals surface area (Å²) in [6.45, 7) is 4.93. The largest absolute Gasteiger partial charge is 0.340 e. The monoisotopic (exact) mass is 423 g/mol. The van der Waals surface area contributed by atoms with E-state index in [0.717, 1.165) is 40.1 Å². The highest BCUT2D eigenvalue weighted by Crippen LogP contribution is 2.52. The number of allylic oxidation sites excluding steroid dienone is 2. The van der Waals surface area contributed by atoms with Crippen molar-refractivity contribution in [3.63, 3.8) is 0 Å². The van der Waals surface area contributed by atoms with Crippen molar-refractivity contribution < 1.29 is 9.59 Å². The maximum Gasteiger partial charge on any atom is 0.254 e. The zero-order valence-electron chi connectivity index (χ0n) is 18.2. The lowest BCUT2D eigenvalue weighted by Gasteiger charge is -2.13. The lowest BCUT2D eigenvalue weighted by Crippen LogP contribution is -2.28. The zero-order chi connectivity index (χ0) is 22.0. The van der Waals surface area contributed by atoms with Gasteiger partial charge in [0.1, 0.15) is 0 Å². The van der Waals surface area contributed by atoms with Crippen LogP contribution < -0.4 is 0 Å². The summed E-state index contributed by atoms with van der Waals surface area (Å²) in [5.41, 5.74) is 5.60. The summed E-state index contributed by atoms with van der Waals surface area (Å²) in [5.74, 6) is -0.348. The van der Waals surface area contributed by atoms with Crippen molar-refractivity contribution in [2.75, 3.05) is 0 Å². The number of benzene rings is 2. The fourth-order valence-electron chi connectivity index (χ4n) is 5.93. The number of carbonyl (C=O) groups excluding carboxylic acids is 2. The normalized spacial score (nSPS) is 26.2. The molecule has 1 saturated carbocycles. The molecule has 2 bridgehead atoms. The molecule has 1 saturated heterocycles. The van der Waals surface area contributed by atoms with Crippen molar-refractivity contribution >= 4 is 28.9 Å². The van der Waals surface area contributed by atoms with E-state index in [1.54, 1.807) is 6.21 Å². The number of fused-ring (bicyclic) bond motifs is 6. The molecule has 0 spiro atoms. The molecule has 160 valence electrons. The van der Waals surface area contributed by atoms with E-state index in [0.29, 0.717) is 0 Å². The summed E-state index contributed by atoms with van der Waals surface area (Å²) in [4.78, 5) is 26.0. The maximum atomic E-state index is 13.0. The Kier molecular flexibility index (Phi) is 4.22. The number of hydrogen-bond donors (Lipinski definition) is 0. The van der Waals surface area contributed by atoms with Crippen LogP contribution in [0, 0.1) is 37.5 Å². The predicted octanol–water partition coefficient (Wildman–Crippen LogP) is 4.45. The van der Waals surface area contributed by atoms with Crippen LogP contribution >= 0.6 is 0 Å². The molecule has 5 heteroatoms. The van der Waals surface area contributed by atoms with Crippen molar-refractivity contribution in [1.29, 1.82) is 0 Å². The van der Waals surface area contributed by atoms with Crippen LogP contribution in [0.15, 0.2) is 65.8 Å². The molecule has 3 aromatic rings. The Morgan fingerprint density at radius 3 is 2.41 bits per heavy atom. The molecule has 4 atom stereocenters. The zero-order valence-corrected chi connectivity index (χ0v) is 18.2. The van der Waals surface area contributed by atoms with Crippen molar-refractivity contribution in [1.82, 2.24) is 9.58 Å². The Morgan fingerprint density at radius 1 is 0.969 bits per heavy atom. The summed E-state index contributed by atoms with van der Waals surface area (Å²) < 4.78 is 2.28. The number of aromatic nitrogens is 1. The van der Waals surface area contributed by atoms with Crippen LogP contribution in [-0.4, -0.2) is 27.6 Å². The molecule has 32 heavy (non-hydrogen) atoms. The van der Waals surface area contributed by atoms with Gasteiger partial charge in [0.15, 0.2) is 0 Å². The van der Waals surface area contributed by atoms with Crippen LogP contribution in [-0.2, 0) is 16.1 Å². The fraction of sp³-hybridized carbons (Fsp3) is 0.296. The highest BCUT2D eigenvalue weighted by atomic mass is 16.2. The van der Waals surface area contributed by atoms with E-state index >= 15 is 0 Å². The van der Waals surface area contributed by atoms with Gasteiger partial charge in [0.25, 0.3) is 11.8 Å². The molecular formula is C27H25N3O2. The number of para-hydroxylation sites is 1. The molecule has 6 rings (SSSR count). The Hall–Kier alpha value is -3.47. The molecule has 0 radical (unpaired) electrons. The van der Waals surface area contributed by atoms with E-state index in [9.17, 15) is 9.59 Å². The van der Waals surface area contributed by atoms with E-state index in [-0.39, 0.29) is 35.5 Å². The van der Waals surface area contributed by atoms with Crippen molar-refractivity contribution in [2.24, 2.45) is 28.8 Å². The molecule has 2 fully saturated rings. The number of hydrogen-bond acceptors (Lipinski definition) is 3. The van der Waals surface area contributed by atoms with Crippen LogP contribution in [0.25, 0.3) is 10.9 Å². The molecular weight excluding hydrogens is 398 g/mol. The summed E-state index contributed by atoms with van der Waals surface area (Å²) in [6.07, 6.45) is 6.84. The van der Waals surface area contributed by atoms with Crippen molar-refractivity contribution in [3.05, 3.63) is 83.1 Å². The standard InChI is InChI=1S/C27H25N3O2/c1-16-6-5-7-18(12-16)15-29-17(2)22(21-8-3-4-9-23(21)29)14-28-30-26(31)24-19-10-11-20(13-19)25(24)27(30)32/h3-12,14,19-20,24-25H,13,15H2,1-2H3. The number of amides is 2. The van der Waals surface area contributed by atoms with Crippen molar-refractivity contribution in [2.45, 2.75) is 26.8 Å². The Morgan fingerprint density at radius 2 is 1.69 bits per heavy atom. The molecule has 0 N–H and O–H groups in total. The summed E-state index contributed by atoms with van der Waals surface area (Å²) >= 11 is 0. The highest BCUT2D eigenvalue weighted by molar-refractivity contribution is 6.08. The van der Waals surface area contributed by atoms with Gasteiger partial charge in [-0.05, 0) is 43.7 Å². The molecule has 3 aliphatic rings. The van der Waals surface area contributed by atoms with Crippen LogP contribution in [0.3, 0.4) is 0 Å². The van der Waals surface area contributed by atoms with Gasteiger partial charge in [-0.25, -0.2) is 0 Å². The quantitative estimate of drug-likeness (QED) is 0.354. The molecule has 1 aliphatic heterocycles. The van der Waals surface area contributed by atoms with E-state index < -0.39 is 0 Å². The van der Waals surface area contributed by atoms with E-state index in [1.165, 1.54) is 11.1 Å². The number of hydrazone groups is 1. The average molecular weight is 424 g/mol. The smallest absolute Gasteiger partial charge is 0.254 e. The minimum atomic E-state index is -0.224. The fourth-order valence-corrected chi connectivity index (χ4v) is 5.93. The Bertz CT molecular complexity index is 1300. The SMILES string of the molecule is Cc1cccc(Cn2c(C)c(C=NN3C(=O)C4C5C=CC(C5)C4C3=O)c3ccccc32)c1. The number of imide groups is 1. The van der Waals surface area contributed by atoms with Gasteiger partial charge < -0.3 is 4.57 Å². The van der Waals surface area contributed by atoms with Gasteiger partial charge in [0.05, 0.1) is 18.1 Å². The van der Waals surface area contributed by atoms with Crippen LogP contribution in [0.2, 0.25) is 0 Å². The minimum Gasteiger partial charge on any atom is -0.340 e. The topological polar surface area (TPSA) is 54.7 Å². The van der Waals surface area contributed by atoms with E-state index in [2.05, 4.69) is 72.1 Å². The second-order valence-corrected chi connectivity index (χ2v) is 9.32. The average Bonchev–Trinajstić information content (AvgIpc) is 3.52. The third-order valence-corrected chi connectivity index (χ3v) is 7.45. The van der Waals surface area contributed by atoms with E-state index in [1.807, 2.05) is 12.1 Å². The maximum absolute atomic E-state index is 13.0. The van der Waals surface area contributed by atoms with Crippen molar-refractivity contribution in [3.8, 4) is 0 Å². The van der Waals surface area contributed by atoms with Gasteiger partial charge >= 0.3 is 0 Å². The van der Waals surface area contributed by atoms with Gasteiger partial charge in [0.2, 0.25) is 0 Å². The lowest BCUT2D eigenvalue weighted by atomic mass is 9.85. The Labute approximate surface area is 187 Å². The first-order valence-corrected chi connectivity index (χ1v) is 11.3. The molecule has 1 aromatic heterocycles. The number of carbonyl (C=O) groups is 2. The van der Waals surface area contributed by atoms with Crippen LogP contribution in [0.5, 0.6) is 0 Å². The molecule has 2 aliphatic carbocycles. The molecule has 2 aromatic carbocycles. The third kappa shape index (κ3) is 2.73. The molecule has 2 heterocycles. The molecule has 5 nitrogen and oxygen atoms in total. The van der Waals surface area contributed by atoms with Crippen LogP contribution in [0.1, 0.15) is 28.8 Å². The molecule has 2 amide bonds. The van der Waals surface area contributed by atoms with Crippen LogP contribution in [0.4, 0.5) is 0 Å². The first-order chi connectivity index (χ1) is 15.5. The third-order valence-electron chi connectivity index (χ3n) is 7.45. The lowest BCUT2D eigenvalue weighted by molar-refractivity contribution is -0.140. The highest BCUT2D eigenvalue weighted by Gasteiger charge is 2.59. The van der Waals surface area contributed by atoms with Gasteiger partial charge in [-0.1, -0.05) is 60.2 Å². The summed E-state index contributed by atoms with van der Waals surface area (Å²) in [7, 11) is 0. The minimum absolute atomic E-state index is 0.144. The Balaban J connectivity index is 1.36. The van der Waals surface area contributed by atoms with Gasteiger partial charge in [-0.3, -0.25) is 9.59 Å². The number of aryl methyl sites for hydroxylation is 1. The number of rotatable bonds is 4. The summed E-state index contributed by atoms with van der Waals surface area (Å²) in [6, 6.07) is 16.7. The number of nitrogens with zero attached hydrogens (tertiary/aromatic N) is 3. The van der Waals surface area contributed by atoms with Gasteiger partial charge in [0, 0.05) is 28.7 Å². The van der Waals surface area contributed by atoms with Gasteiger partial charge in [-0.2, -0.15) is 10.1 Å². The first-order valence-electron chi connectivity index (χ1n) is 11.3. The van der Waals surface area contributed by atoms with E-state index in [4.69, 9.17) is 0 Å². The molecule has 4 unspecified atom stereocenters. The summed E-state index contributed by atoms with van der Waals surface area (Å²) in [5, 5.41) is 6.65. The second-order valence-electron chi connectivity index (χ2n) is 9.32. The predicted molar refractivity (Wildman–Crippen MR) is 124 cm³/mol. The second kappa shape index (κ2) is 7.02.